The van der Waals surface area contributed by atoms with Crippen LogP contribution in [0.5, 0.6) is 5.75 Å². The molecule has 0 fully saturated rings. The number of hydrogen-bond acceptors (Lipinski definition) is 2. The van der Waals surface area contributed by atoms with Gasteiger partial charge in [0.25, 0.3) is 5.91 Å². The molecule has 0 aliphatic rings. The molecule has 0 bridgehead atoms. The SMILES string of the molecule is CCCNC(=O)c1cccc(-c2cccc(OC(F)(F)F)c2)c1. The quantitative estimate of drug-likeness (QED) is 0.886. The number of carbonyl (C=O) groups is 1. The zero-order valence-corrected chi connectivity index (χ0v) is 12.5. The van der Waals surface area contributed by atoms with Gasteiger partial charge in [-0.25, -0.2) is 0 Å². The number of hydrogen-bond donors (Lipinski definition) is 1. The highest BCUT2D eigenvalue weighted by Gasteiger charge is 2.31. The molecule has 2 aromatic rings. The second-order valence-corrected chi connectivity index (χ2v) is 4.91. The van der Waals surface area contributed by atoms with Gasteiger partial charge in [0, 0.05) is 12.1 Å². The number of carbonyl (C=O) groups excluding carboxylic acids is 1. The van der Waals surface area contributed by atoms with E-state index in [1.807, 2.05) is 6.92 Å². The number of amides is 1. The van der Waals surface area contributed by atoms with E-state index in [2.05, 4.69) is 10.1 Å². The number of ether oxygens (including phenoxy) is 1. The average molecular weight is 323 g/mol. The van der Waals surface area contributed by atoms with Crippen LogP contribution in [0.2, 0.25) is 0 Å². The van der Waals surface area contributed by atoms with Crippen molar-refractivity contribution >= 4 is 5.91 Å². The number of halogens is 3. The van der Waals surface area contributed by atoms with Gasteiger partial charge in [0.15, 0.2) is 0 Å². The second kappa shape index (κ2) is 7.17. The predicted octanol–water partition coefficient (Wildman–Crippen LogP) is 4.39. The van der Waals surface area contributed by atoms with Crippen LogP contribution in [0.15, 0.2) is 48.5 Å². The molecule has 1 amide bonds. The Hall–Kier alpha value is -2.50. The molecule has 0 aliphatic heterocycles. The maximum atomic E-state index is 12.3. The lowest BCUT2D eigenvalue weighted by Gasteiger charge is -2.11. The van der Waals surface area contributed by atoms with Crippen LogP contribution in [0, 0.1) is 0 Å². The monoisotopic (exact) mass is 323 g/mol. The minimum atomic E-state index is -4.74. The second-order valence-electron chi connectivity index (χ2n) is 4.91. The molecule has 0 radical (unpaired) electrons. The normalized spacial score (nSPS) is 11.1. The van der Waals surface area contributed by atoms with Crippen LogP contribution < -0.4 is 10.1 Å². The van der Waals surface area contributed by atoms with Gasteiger partial charge in [0.1, 0.15) is 5.75 Å². The van der Waals surface area contributed by atoms with Crippen molar-refractivity contribution in [2.24, 2.45) is 0 Å². The van der Waals surface area contributed by atoms with Gasteiger partial charge in [0.05, 0.1) is 0 Å². The molecule has 0 spiro atoms. The van der Waals surface area contributed by atoms with Gasteiger partial charge in [-0.15, -0.1) is 13.2 Å². The van der Waals surface area contributed by atoms with Crippen LogP contribution in [0.25, 0.3) is 11.1 Å². The van der Waals surface area contributed by atoms with Crippen LogP contribution in [0.1, 0.15) is 23.7 Å². The van der Waals surface area contributed by atoms with Gasteiger partial charge in [-0.1, -0.05) is 31.2 Å². The molecule has 1 N–H and O–H groups in total. The molecule has 0 aliphatic carbocycles. The van der Waals surface area contributed by atoms with E-state index in [0.29, 0.717) is 23.2 Å². The van der Waals surface area contributed by atoms with Gasteiger partial charge in [-0.2, -0.15) is 0 Å². The Kier molecular flexibility index (Phi) is 5.26. The van der Waals surface area contributed by atoms with Crippen molar-refractivity contribution in [3.8, 4) is 16.9 Å². The summed E-state index contributed by atoms with van der Waals surface area (Å²) < 4.78 is 40.8. The highest BCUT2D eigenvalue weighted by atomic mass is 19.4. The third-order valence-corrected chi connectivity index (χ3v) is 3.06. The van der Waals surface area contributed by atoms with E-state index < -0.39 is 6.36 Å². The van der Waals surface area contributed by atoms with Crippen molar-refractivity contribution in [2.45, 2.75) is 19.7 Å². The van der Waals surface area contributed by atoms with Gasteiger partial charge >= 0.3 is 6.36 Å². The number of benzene rings is 2. The molecule has 0 aromatic heterocycles. The fourth-order valence-electron chi connectivity index (χ4n) is 2.05. The lowest BCUT2D eigenvalue weighted by Crippen LogP contribution is -2.23. The maximum Gasteiger partial charge on any atom is 0.573 e. The molecule has 2 rings (SSSR count). The molecule has 23 heavy (non-hydrogen) atoms. The molecule has 0 unspecified atom stereocenters. The highest BCUT2D eigenvalue weighted by molar-refractivity contribution is 5.95. The van der Waals surface area contributed by atoms with E-state index in [-0.39, 0.29) is 11.7 Å². The summed E-state index contributed by atoms with van der Waals surface area (Å²) in [7, 11) is 0. The zero-order valence-electron chi connectivity index (χ0n) is 12.5. The highest BCUT2D eigenvalue weighted by Crippen LogP contribution is 2.28. The molecule has 0 saturated heterocycles. The van der Waals surface area contributed by atoms with Crippen molar-refractivity contribution in [1.29, 1.82) is 0 Å². The zero-order chi connectivity index (χ0) is 16.9. The summed E-state index contributed by atoms with van der Waals surface area (Å²) in [5.74, 6) is -0.507. The van der Waals surface area contributed by atoms with E-state index in [1.165, 1.54) is 18.2 Å². The third kappa shape index (κ3) is 5.02. The Morgan fingerprint density at radius 1 is 1.09 bits per heavy atom. The maximum absolute atomic E-state index is 12.3. The Labute approximate surface area is 132 Å². The van der Waals surface area contributed by atoms with Crippen LogP contribution in [0.4, 0.5) is 13.2 Å². The minimum absolute atomic E-state index is 0.212. The van der Waals surface area contributed by atoms with Gasteiger partial charge in [-0.05, 0) is 41.8 Å². The number of rotatable bonds is 5. The van der Waals surface area contributed by atoms with Gasteiger partial charge < -0.3 is 10.1 Å². The summed E-state index contributed by atoms with van der Waals surface area (Å²) >= 11 is 0. The first-order chi connectivity index (χ1) is 10.9. The fraction of sp³-hybridized carbons (Fsp3) is 0.235. The van der Waals surface area contributed by atoms with Crippen LogP contribution in [-0.2, 0) is 0 Å². The van der Waals surface area contributed by atoms with Gasteiger partial charge in [-0.3, -0.25) is 4.79 Å². The van der Waals surface area contributed by atoms with E-state index in [4.69, 9.17) is 0 Å². The fourth-order valence-corrected chi connectivity index (χ4v) is 2.05. The van der Waals surface area contributed by atoms with Crippen molar-refractivity contribution in [1.82, 2.24) is 5.32 Å². The Balaban J connectivity index is 2.25. The first kappa shape index (κ1) is 16.9. The van der Waals surface area contributed by atoms with E-state index in [0.717, 1.165) is 6.42 Å². The summed E-state index contributed by atoms with van der Waals surface area (Å²) in [6.45, 7) is 2.51. The Bertz CT molecular complexity index is 684. The predicted molar refractivity (Wildman–Crippen MR) is 81.2 cm³/mol. The summed E-state index contributed by atoms with van der Waals surface area (Å²) in [5.41, 5.74) is 1.64. The molecule has 0 atom stereocenters. The third-order valence-electron chi connectivity index (χ3n) is 3.06. The molecular weight excluding hydrogens is 307 g/mol. The largest absolute Gasteiger partial charge is 0.573 e. The summed E-state index contributed by atoms with van der Waals surface area (Å²) in [6, 6.07) is 12.4. The smallest absolute Gasteiger partial charge is 0.406 e. The van der Waals surface area contributed by atoms with Crippen molar-refractivity contribution in [2.75, 3.05) is 6.54 Å². The van der Waals surface area contributed by atoms with Crippen molar-refractivity contribution < 1.29 is 22.7 Å². The van der Waals surface area contributed by atoms with E-state index >= 15 is 0 Å². The van der Waals surface area contributed by atoms with Crippen LogP contribution in [-0.4, -0.2) is 18.8 Å². The lowest BCUT2D eigenvalue weighted by molar-refractivity contribution is -0.274. The number of alkyl halides is 3. The van der Waals surface area contributed by atoms with E-state index in [1.54, 1.807) is 30.3 Å². The molecule has 122 valence electrons. The summed E-state index contributed by atoms with van der Waals surface area (Å²) in [5, 5.41) is 2.76. The minimum Gasteiger partial charge on any atom is -0.406 e. The molecular formula is C17H16F3NO2. The van der Waals surface area contributed by atoms with Crippen LogP contribution >= 0.6 is 0 Å². The summed E-state index contributed by atoms with van der Waals surface area (Å²) in [6.07, 6.45) is -3.91. The van der Waals surface area contributed by atoms with Crippen molar-refractivity contribution in [3.05, 3.63) is 54.1 Å². The number of nitrogens with one attached hydrogen (secondary N) is 1. The summed E-state index contributed by atoms with van der Waals surface area (Å²) in [4.78, 5) is 12.0. The van der Waals surface area contributed by atoms with E-state index in [9.17, 15) is 18.0 Å². The van der Waals surface area contributed by atoms with Crippen LogP contribution in [0.3, 0.4) is 0 Å². The lowest BCUT2D eigenvalue weighted by atomic mass is 10.0. The first-order valence-corrected chi connectivity index (χ1v) is 7.13. The van der Waals surface area contributed by atoms with Gasteiger partial charge in [0.2, 0.25) is 0 Å². The van der Waals surface area contributed by atoms with Crippen molar-refractivity contribution in [3.63, 3.8) is 0 Å². The Morgan fingerprint density at radius 3 is 2.39 bits per heavy atom. The average Bonchev–Trinajstić information content (AvgIpc) is 2.51. The molecule has 0 saturated carbocycles. The molecule has 2 aromatic carbocycles. The standard InChI is InChI=1S/C17H16F3NO2/c1-2-9-21-16(22)14-7-3-5-12(10-14)13-6-4-8-15(11-13)23-17(18,19)20/h3-8,10-11H,2,9H2,1H3,(H,21,22). The first-order valence-electron chi connectivity index (χ1n) is 7.13. The Morgan fingerprint density at radius 2 is 1.74 bits per heavy atom. The molecule has 6 heteroatoms. The topological polar surface area (TPSA) is 38.3 Å². The molecule has 3 nitrogen and oxygen atoms in total. The molecule has 0 heterocycles.